The minimum Gasteiger partial charge on any atom is -0.375 e. The first kappa shape index (κ1) is 42.5. The molecule has 21 heteroatoms. The molecule has 3 amide bonds. The van der Waals surface area contributed by atoms with Crippen LogP contribution in [0.1, 0.15) is 86.4 Å². The number of fused-ring (bicyclic) bond motifs is 2. The molecule has 1 aliphatic carbocycles. The normalized spacial score (nSPS) is 24.5. The van der Waals surface area contributed by atoms with Gasteiger partial charge in [-0.15, -0.1) is 0 Å². The van der Waals surface area contributed by atoms with Crippen LogP contribution in [0, 0.1) is 5.92 Å². The molecule has 4 aliphatic rings. The first-order valence-electron chi connectivity index (χ1n) is 21.4. The lowest BCUT2D eigenvalue weighted by Crippen LogP contribution is -2.58. The van der Waals surface area contributed by atoms with Crippen LogP contribution in [0.15, 0.2) is 47.7 Å². The number of piperidine rings is 2. The highest BCUT2D eigenvalue weighted by Crippen LogP contribution is 2.39. The smallest absolute Gasteiger partial charge is 0.329 e. The van der Waals surface area contributed by atoms with Gasteiger partial charge >= 0.3 is 5.69 Å². The van der Waals surface area contributed by atoms with Crippen molar-refractivity contribution in [1.29, 1.82) is 0 Å². The zero-order chi connectivity index (χ0) is 44.3. The summed E-state index contributed by atoms with van der Waals surface area (Å²) in [6, 6.07) is 4.72. The third kappa shape index (κ3) is 8.04. The molecule has 0 radical (unpaired) electrons. The van der Waals surface area contributed by atoms with Crippen molar-refractivity contribution in [3.8, 4) is 0 Å². The second kappa shape index (κ2) is 16.7. The third-order valence-corrected chi connectivity index (χ3v) is 13.2. The highest BCUT2D eigenvalue weighted by Gasteiger charge is 2.47. The number of aryl methyl sites for hydroxylation is 1. The Kier molecular flexibility index (Phi) is 11.3. The number of morpholine rings is 1. The van der Waals surface area contributed by atoms with E-state index in [0.717, 1.165) is 0 Å². The van der Waals surface area contributed by atoms with E-state index in [2.05, 4.69) is 30.7 Å². The molecule has 2 N–H and O–H groups in total. The third-order valence-electron chi connectivity index (χ3n) is 13.2. The number of carbonyl (C=O) groups excluding carboxylic acids is 3. The van der Waals surface area contributed by atoms with Crippen LogP contribution >= 0.6 is 0 Å². The predicted octanol–water partition coefficient (Wildman–Crippen LogP) is 4.55. The van der Waals surface area contributed by atoms with Crippen LogP contribution < -0.4 is 26.1 Å². The number of benzene rings is 1. The standard InChI is InChI=1S/C42H50F4N12O5/c1-24-20-54(17-18-63-24)33-14-16-56-38(49-33)27(19-47-56)39(60)48-28-22-57(51-35(28)37(43)44)26-9-7-25(8-10-26)21-52(2)32-13-15-55(23-42(32,45)46)29-5-4-6-30-36(29)53(3)41(62)58(30)31-11-12-34(59)50-40(31)61/h4-6,14,16,19,22,24-26,31-32,37H,7-13,15,17-18,20-21,23H2,1-3H3,(H,48,60)(H,50,59,61)/t24-,25?,26?,31?,32?/m1/s1. The zero-order valence-corrected chi connectivity index (χ0v) is 35.2. The van der Waals surface area contributed by atoms with Gasteiger partial charge in [0.1, 0.15) is 17.4 Å². The molecule has 4 fully saturated rings. The van der Waals surface area contributed by atoms with E-state index in [4.69, 9.17) is 4.74 Å². The number of para-hydroxylation sites is 1. The Morgan fingerprint density at radius 2 is 1.86 bits per heavy atom. The zero-order valence-electron chi connectivity index (χ0n) is 35.2. The van der Waals surface area contributed by atoms with Gasteiger partial charge in [0.15, 0.2) is 11.3 Å². The Bertz CT molecular complexity index is 2620. The van der Waals surface area contributed by atoms with Crippen LogP contribution in [-0.4, -0.2) is 121 Å². The lowest BCUT2D eigenvalue weighted by Gasteiger charge is -2.44. The maximum atomic E-state index is 16.2. The van der Waals surface area contributed by atoms with Gasteiger partial charge < -0.3 is 19.9 Å². The summed E-state index contributed by atoms with van der Waals surface area (Å²) in [6.45, 7) is 3.93. The summed E-state index contributed by atoms with van der Waals surface area (Å²) in [4.78, 5) is 61.5. The lowest BCUT2D eigenvalue weighted by molar-refractivity contribution is -0.135. The maximum absolute atomic E-state index is 16.2. The Morgan fingerprint density at radius 3 is 2.59 bits per heavy atom. The summed E-state index contributed by atoms with van der Waals surface area (Å²) in [5.41, 5.74) is 0.630. The lowest BCUT2D eigenvalue weighted by atomic mass is 9.85. The number of imide groups is 1. The Morgan fingerprint density at radius 1 is 1.06 bits per heavy atom. The number of carbonyl (C=O) groups is 3. The number of ether oxygens (including phenoxy) is 1. The average molecular weight is 879 g/mol. The van der Waals surface area contributed by atoms with Crippen molar-refractivity contribution >= 4 is 51.6 Å². The molecule has 1 saturated carbocycles. The number of halogens is 4. The summed E-state index contributed by atoms with van der Waals surface area (Å²) < 4.78 is 72.3. The largest absolute Gasteiger partial charge is 0.375 e. The molecule has 0 spiro atoms. The molecule has 9 rings (SSSR count). The van der Waals surface area contributed by atoms with E-state index in [1.165, 1.54) is 30.7 Å². The van der Waals surface area contributed by atoms with Crippen LogP contribution in [0.2, 0.25) is 0 Å². The van der Waals surface area contributed by atoms with Crippen molar-refractivity contribution in [2.45, 2.75) is 88.4 Å². The highest BCUT2D eigenvalue weighted by atomic mass is 19.3. The van der Waals surface area contributed by atoms with Crippen molar-refractivity contribution in [2.24, 2.45) is 13.0 Å². The van der Waals surface area contributed by atoms with E-state index in [0.29, 0.717) is 81.0 Å². The van der Waals surface area contributed by atoms with Crippen molar-refractivity contribution in [3.63, 3.8) is 0 Å². The molecule has 17 nitrogen and oxygen atoms in total. The van der Waals surface area contributed by atoms with Crippen LogP contribution in [-0.2, 0) is 21.4 Å². The molecular weight excluding hydrogens is 829 g/mol. The number of rotatable bonds is 10. The number of imidazole rings is 1. The van der Waals surface area contributed by atoms with Crippen molar-refractivity contribution in [1.82, 2.24) is 43.7 Å². The second-order valence-corrected chi connectivity index (χ2v) is 17.3. The van der Waals surface area contributed by atoms with Gasteiger partial charge in [0, 0.05) is 52.0 Å². The highest BCUT2D eigenvalue weighted by molar-refractivity contribution is 6.08. The first-order valence-corrected chi connectivity index (χ1v) is 21.4. The summed E-state index contributed by atoms with van der Waals surface area (Å²) >= 11 is 0. The number of aromatic nitrogens is 7. The maximum Gasteiger partial charge on any atom is 0.329 e. The van der Waals surface area contributed by atoms with Gasteiger partial charge in [0.25, 0.3) is 18.3 Å². The molecule has 4 aromatic heterocycles. The van der Waals surface area contributed by atoms with Crippen molar-refractivity contribution in [3.05, 3.63) is 64.6 Å². The number of anilines is 3. The Balaban J connectivity index is 0.827. The van der Waals surface area contributed by atoms with Gasteiger partial charge in [-0.2, -0.15) is 10.2 Å². The summed E-state index contributed by atoms with van der Waals surface area (Å²) in [6.07, 6.45) is 4.48. The molecule has 2 unspecified atom stereocenters. The average Bonchev–Trinajstić information content (AvgIpc) is 3.95. The minimum atomic E-state index is -3.11. The first-order chi connectivity index (χ1) is 30.2. The fourth-order valence-corrected chi connectivity index (χ4v) is 9.97. The van der Waals surface area contributed by atoms with Crippen molar-refractivity contribution < 1.29 is 36.7 Å². The van der Waals surface area contributed by atoms with E-state index in [9.17, 15) is 28.0 Å². The molecule has 0 bridgehead atoms. The number of hydrogen-bond acceptors (Lipinski definition) is 11. The van der Waals surface area contributed by atoms with Crippen LogP contribution in [0.5, 0.6) is 0 Å². The number of alkyl halides is 4. The predicted molar refractivity (Wildman–Crippen MR) is 224 cm³/mol. The van der Waals surface area contributed by atoms with Crippen LogP contribution in [0.3, 0.4) is 0 Å². The van der Waals surface area contributed by atoms with E-state index < -0.39 is 60.1 Å². The molecule has 3 atom stereocenters. The van der Waals surface area contributed by atoms with Gasteiger partial charge in [-0.3, -0.25) is 38.4 Å². The summed E-state index contributed by atoms with van der Waals surface area (Å²) in [5, 5.41) is 13.4. The van der Waals surface area contributed by atoms with E-state index >= 15 is 8.78 Å². The molecular formula is C42H50F4N12O5. The second-order valence-electron chi connectivity index (χ2n) is 17.3. The molecule has 3 saturated heterocycles. The van der Waals surface area contributed by atoms with E-state index in [1.807, 2.05) is 6.92 Å². The number of amides is 3. The summed E-state index contributed by atoms with van der Waals surface area (Å²) in [7, 11) is 3.26. The number of hydrogen-bond donors (Lipinski definition) is 2. The van der Waals surface area contributed by atoms with Gasteiger partial charge in [-0.25, -0.2) is 31.9 Å². The fraction of sp³-hybridized carbons (Fsp3) is 0.548. The van der Waals surface area contributed by atoms with Gasteiger partial charge in [0.2, 0.25) is 11.8 Å². The molecule has 336 valence electrons. The Hall–Kier alpha value is -5.83. The molecule has 1 aromatic carbocycles. The van der Waals surface area contributed by atoms with Crippen molar-refractivity contribution in [2.75, 3.05) is 61.5 Å². The van der Waals surface area contributed by atoms with Gasteiger partial charge in [-0.1, -0.05) is 6.07 Å². The molecule has 5 aromatic rings. The van der Waals surface area contributed by atoms with Crippen LogP contribution in [0.4, 0.5) is 34.8 Å². The number of nitrogens with zero attached hydrogens (tertiary/aromatic N) is 10. The molecule has 7 heterocycles. The number of nitrogens with one attached hydrogen (secondary N) is 2. The minimum absolute atomic E-state index is 0.0135. The van der Waals surface area contributed by atoms with Gasteiger partial charge in [0.05, 0.1) is 59.9 Å². The molecule has 63 heavy (non-hydrogen) atoms. The monoisotopic (exact) mass is 878 g/mol. The fourth-order valence-electron chi connectivity index (χ4n) is 9.97. The van der Waals surface area contributed by atoms with E-state index in [1.54, 1.807) is 54.4 Å². The van der Waals surface area contributed by atoms with Gasteiger partial charge in [-0.05, 0) is 76.6 Å². The summed E-state index contributed by atoms with van der Waals surface area (Å²) in [5.74, 6) is -3.99. The quantitative estimate of drug-likeness (QED) is 0.149. The SMILES string of the molecule is C[C@@H]1CN(c2ccn3ncc(C(=O)Nc4cn(C5CCC(CN(C)C6CCN(c7cccc8c7n(C)c(=O)n8C7CCC(=O)NC7=O)CC6(F)F)CC5)nc4C(F)F)c3n2)CCO1. The Labute approximate surface area is 358 Å². The van der Waals surface area contributed by atoms with Crippen LogP contribution in [0.25, 0.3) is 16.7 Å². The topological polar surface area (TPSA) is 169 Å². The van der Waals surface area contributed by atoms with E-state index in [-0.39, 0.29) is 54.2 Å². The molecule has 3 aliphatic heterocycles.